The zero-order chi connectivity index (χ0) is 60.6. The summed E-state index contributed by atoms with van der Waals surface area (Å²) >= 11 is 0. The van der Waals surface area contributed by atoms with Gasteiger partial charge in [0.1, 0.15) is 0 Å². The minimum absolute atomic E-state index is 0.0109. The third kappa shape index (κ3) is 68.9. The first-order chi connectivity index (χ1) is 41.5. The number of esters is 1. The van der Waals surface area contributed by atoms with Gasteiger partial charge in [-0.25, -0.2) is 0 Å². The molecule has 84 heavy (non-hydrogen) atoms. The average molecular weight is 1180 g/mol. The molecule has 0 aliphatic heterocycles. The summed E-state index contributed by atoms with van der Waals surface area (Å²) in [5.41, 5.74) is 0. The maximum atomic E-state index is 12.5. The van der Waals surface area contributed by atoms with E-state index in [0.717, 1.165) is 51.4 Å². The van der Waals surface area contributed by atoms with Crippen LogP contribution in [0.5, 0.6) is 0 Å². The summed E-state index contributed by atoms with van der Waals surface area (Å²) < 4.78 is 5.49. The minimum Gasteiger partial charge on any atom is -0.466 e. The fourth-order valence-corrected chi connectivity index (χ4v) is 11.8. The molecule has 2 atom stereocenters. The molecule has 0 spiro atoms. The van der Waals surface area contributed by atoms with E-state index >= 15 is 0 Å². The van der Waals surface area contributed by atoms with Crippen molar-refractivity contribution in [1.29, 1.82) is 0 Å². The summed E-state index contributed by atoms with van der Waals surface area (Å²) in [6.07, 6.45) is 96.5. The molecule has 0 heterocycles. The van der Waals surface area contributed by atoms with E-state index in [1.54, 1.807) is 6.08 Å². The van der Waals surface area contributed by atoms with Crippen molar-refractivity contribution in [1.82, 2.24) is 5.32 Å². The van der Waals surface area contributed by atoms with Gasteiger partial charge in [-0.2, -0.15) is 0 Å². The molecular weight excluding hydrogens is 1030 g/mol. The van der Waals surface area contributed by atoms with Crippen LogP contribution in [0.2, 0.25) is 0 Å². The number of allylic oxidation sites excluding steroid dienone is 7. The highest BCUT2D eigenvalue weighted by Crippen LogP contribution is 2.19. The summed E-state index contributed by atoms with van der Waals surface area (Å²) in [4.78, 5) is 24.6. The lowest BCUT2D eigenvalue weighted by Crippen LogP contribution is -2.45. The Bertz CT molecular complexity index is 1400. The van der Waals surface area contributed by atoms with E-state index in [1.807, 2.05) is 6.08 Å². The van der Waals surface area contributed by atoms with Crippen LogP contribution in [0.3, 0.4) is 0 Å². The van der Waals surface area contributed by atoms with Gasteiger partial charge in [0.2, 0.25) is 5.91 Å². The second-order valence-electron chi connectivity index (χ2n) is 26.0. The van der Waals surface area contributed by atoms with Gasteiger partial charge >= 0.3 is 5.97 Å². The Hall–Kier alpha value is -2.18. The van der Waals surface area contributed by atoms with Crippen molar-refractivity contribution >= 4 is 11.9 Å². The van der Waals surface area contributed by atoms with E-state index in [-0.39, 0.29) is 18.5 Å². The summed E-state index contributed by atoms with van der Waals surface area (Å²) in [5, 5.41) is 23.2. The van der Waals surface area contributed by atoms with Gasteiger partial charge < -0.3 is 20.3 Å². The van der Waals surface area contributed by atoms with Gasteiger partial charge in [0.25, 0.3) is 0 Å². The van der Waals surface area contributed by atoms with Crippen LogP contribution < -0.4 is 5.32 Å². The topological polar surface area (TPSA) is 95.9 Å². The average Bonchev–Trinajstić information content (AvgIpc) is 3.53. The molecule has 0 aromatic heterocycles. The van der Waals surface area contributed by atoms with Crippen LogP contribution in [0.25, 0.3) is 0 Å². The summed E-state index contributed by atoms with van der Waals surface area (Å²) in [6, 6.07) is -0.626. The zero-order valence-electron chi connectivity index (χ0n) is 56.6. The number of carbonyl (C=O) groups is 2. The summed E-state index contributed by atoms with van der Waals surface area (Å²) in [5.74, 6) is -0.0522. The third-order valence-corrected chi connectivity index (χ3v) is 17.6. The van der Waals surface area contributed by atoms with E-state index in [0.29, 0.717) is 19.4 Å². The van der Waals surface area contributed by atoms with Crippen LogP contribution in [0.4, 0.5) is 0 Å². The largest absolute Gasteiger partial charge is 0.466 e. The van der Waals surface area contributed by atoms with E-state index < -0.39 is 12.1 Å². The number of aliphatic hydroxyl groups excluding tert-OH is 2. The molecule has 0 fully saturated rings. The number of unbranched alkanes of at least 4 members (excludes halogenated alkanes) is 54. The first-order valence-electron chi connectivity index (χ1n) is 37.9. The van der Waals surface area contributed by atoms with Crippen LogP contribution in [-0.4, -0.2) is 47.4 Å². The standard InChI is InChI=1S/C78H147NO5/c1-3-5-7-9-11-13-15-17-42-46-50-54-58-62-66-70-76(81)75(74-80)79-77(82)71-67-63-59-55-51-47-44-40-38-36-34-32-30-28-26-24-22-20-19-21-23-25-27-29-31-33-35-37-39-41-45-49-53-57-61-65-69-73-84-78(83)72-68-64-60-56-52-48-43-18-16-14-12-10-8-6-4-2/h18-19,21,25,27,43,66,70,75-76,80-81H,3-17,20,22-24,26,28-42,44-65,67-69,71-74H2,1-2H3,(H,79,82)/b21-19-,27-25-,43-18-,70-66+. The highest BCUT2D eigenvalue weighted by atomic mass is 16.5. The SMILES string of the molecule is CCCCCCCC/C=C\CCCCCCCC(=O)OCCCCCCCCCCCCCCC/C=C\C/C=C\CCCCCCCCCCCCCCCCCCCC(=O)NC(CO)C(O)/C=C/CCCCCCCCCCCCCCC. The van der Waals surface area contributed by atoms with Crippen molar-refractivity contribution in [2.75, 3.05) is 13.2 Å². The molecule has 0 aliphatic rings. The van der Waals surface area contributed by atoms with Gasteiger partial charge in [0.15, 0.2) is 0 Å². The fraction of sp³-hybridized carbons (Fsp3) is 0.872. The third-order valence-electron chi connectivity index (χ3n) is 17.6. The summed E-state index contributed by atoms with van der Waals surface area (Å²) in [6.45, 7) is 4.92. The predicted octanol–water partition coefficient (Wildman–Crippen LogP) is 24.8. The number of carbonyl (C=O) groups excluding carboxylic acids is 2. The number of hydrogen-bond acceptors (Lipinski definition) is 5. The highest BCUT2D eigenvalue weighted by Gasteiger charge is 2.18. The van der Waals surface area contributed by atoms with Crippen LogP contribution in [0.15, 0.2) is 48.6 Å². The highest BCUT2D eigenvalue weighted by molar-refractivity contribution is 5.76. The maximum absolute atomic E-state index is 12.5. The lowest BCUT2D eigenvalue weighted by atomic mass is 10.0. The van der Waals surface area contributed by atoms with Crippen LogP contribution in [0, 0.1) is 0 Å². The number of amides is 1. The second-order valence-corrected chi connectivity index (χ2v) is 26.0. The number of rotatable bonds is 71. The molecule has 0 aromatic carbocycles. The molecule has 6 heteroatoms. The van der Waals surface area contributed by atoms with Gasteiger partial charge in [-0.1, -0.05) is 358 Å². The maximum Gasteiger partial charge on any atom is 0.305 e. The molecule has 0 aromatic rings. The van der Waals surface area contributed by atoms with Gasteiger partial charge in [-0.15, -0.1) is 0 Å². The van der Waals surface area contributed by atoms with Crippen molar-refractivity contribution in [3.63, 3.8) is 0 Å². The molecule has 0 bridgehead atoms. The Labute approximate surface area is 525 Å². The van der Waals surface area contributed by atoms with Gasteiger partial charge in [-0.3, -0.25) is 9.59 Å². The Kier molecular flexibility index (Phi) is 71.4. The smallest absolute Gasteiger partial charge is 0.305 e. The van der Waals surface area contributed by atoms with Crippen molar-refractivity contribution in [2.45, 2.75) is 424 Å². The molecule has 0 radical (unpaired) electrons. The molecule has 1 amide bonds. The quantitative estimate of drug-likeness (QED) is 0.0320. The molecule has 0 saturated carbocycles. The molecule has 3 N–H and O–H groups in total. The molecular formula is C78H147NO5. The lowest BCUT2D eigenvalue weighted by molar-refractivity contribution is -0.143. The molecule has 6 nitrogen and oxygen atoms in total. The van der Waals surface area contributed by atoms with E-state index in [4.69, 9.17) is 4.74 Å². The van der Waals surface area contributed by atoms with Crippen molar-refractivity contribution in [3.8, 4) is 0 Å². The molecule has 0 aliphatic carbocycles. The van der Waals surface area contributed by atoms with Crippen LogP contribution >= 0.6 is 0 Å². The monoisotopic (exact) mass is 1180 g/mol. The van der Waals surface area contributed by atoms with Gasteiger partial charge in [0, 0.05) is 12.8 Å². The Morgan fingerprint density at radius 3 is 0.917 bits per heavy atom. The number of aliphatic hydroxyl groups is 2. The Morgan fingerprint density at radius 1 is 0.333 bits per heavy atom. The van der Waals surface area contributed by atoms with Gasteiger partial charge in [0.05, 0.1) is 25.4 Å². The normalized spacial score (nSPS) is 12.8. The summed E-state index contributed by atoms with van der Waals surface area (Å²) in [7, 11) is 0. The van der Waals surface area contributed by atoms with Crippen molar-refractivity contribution < 1.29 is 24.5 Å². The van der Waals surface area contributed by atoms with Crippen LogP contribution in [-0.2, 0) is 14.3 Å². The molecule has 0 saturated heterocycles. The van der Waals surface area contributed by atoms with E-state index in [2.05, 4.69) is 55.6 Å². The zero-order valence-corrected chi connectivity index (χ0v) is 56.6. The predicted molar refractivity (Wildman–Crippen MR) is 370 cm³/mol. The van der Waals surface area contributed by atoms with Gasteiger partial charge in [-0.05, 0) is 89.9 Å². The molecule has 494 valence electrons. The number of nitrogens with one attached hydrogen (secondary N) is 1. The van der Waals surface area contributed by atoms with E-state index in [1.165, 1.54) is 334 Å². The first-order valence-corrected chi connectivity index (χ1v) is 37.9. The Balaban J connectivity index is 3.37. The van der Waals surface area contributed by atoms with Crippen molar-refractivity contribution in [3.05, 3.63) is 48.6 Å². The minimum atomic E-state index is -0.843. The second kappa shape index (κ2) is 73.3. The number of ether oxygens (including phenoxy) is 1. The van der Waals surface area contributed by atoms with E-state index in [9.17, 15) is 19.8 Å². The Morgan fingerprint density at radius 2 is 0.595 bits per heavy atom. The molecule has 0 rings (SSSR count). The number of hydrogen-bond donors (Lipinski definition) is 3. The lowest BCUT2D eigenvalue weighted by Gasteiger charge is -2.20. The van der Waals surface area contributed by atoms with Crippen molar-refractivity contribution in [2.24, 2.45) is 0 Å². The molecule has 2 unspecified atom stereocenters. The fourth-order valence-electron chi connectivity index (χ4n) is 11.8. The first kappa shape index (κ1) is 81.8. The van der Waals surface area contributed by atoms with Crippen LogP contribution in [0.1, 0.15) is 412 Å².